The van der Waals surface area contributed by atoms with Gasteiger partial charge in [-0.15, -0.1) is 0 Å². The lowest BCUT2D eigenvalue weighted by molar-refractivity contribution is 0.466. The zero-order valence-electron chi connectivity index (χ0n) is 10.8. The highest BCUT2D eigenvalue weighted by Crippen LogP contribution is 2.24. The largest absolute Gasteiger partial charge is 0.444 e. The normalized spacial score (nSPS) is 11.8. The number of aryl methyl sites for hydroxylation is 2. The van der Waals surface area contributed by atoms with Crippen molar-refractivity contribution in [2.75, 3.05) is 0 Å². The fraction of sp³-hybridized carbons (Fsp3) is 0.250. The molecular weight excluding hydrogens is 323 g/mol. The highest BCUT2D eigenvalue weighted by Gasteiger charge is 2.17. The van der Waals surface area contributed by atoms with Crippen LogP contribution in [-0.4, -0.2) is 13.4 Å². The molecule has 0 radical (unpaired) electrons. The Morgan fingerprint density at radius 2 is 1.95 bits per heavy atom. The van der Waals surface area contributed by atoms with Crippen LogP contribution >= 0.6 is 23.2 Å². The number of hydrogen-bond donors (Lipinski definition) is 1. The Morgan fingerprint density at radius 1 is 1.25 bits per heavy atom. The minimum Gasteiger partial charge on any atom is -0.444 e. The van der Waals surface area contributed by atoms with Crippen LogP contribution in [0, 0.1) is 13.8 Å². The van der Waals surface area contributed by atoms with E-state index in [1.54, 1.807) is 13.8 Å². The van der Waals surface area contributed by atoms with E-state index in [4.69, 9.17) is 27.6 Å². The van der Waals surface area contributed by atoms with E-state index in [2.05, 4.69) is 9.71 Å². The van der Waals surface area contributed by atoms with Gasteiger partial charge < -0.3 is 4.42 Å². The molecule has 0 atom stereocenters. The molecule has 0 unspecified atom stereocenters. The molecule has 5 nitrogen and oxygen atoms in total. The summed E-state index contributed by atoms with van der Waals surface area (Å²) < 4.78 is 32.0. The first-order valence-electron chi connectivity index (χ1n) is 5.67. The summed E-state index contributed by atoms with van der Waals surface area (Å²) in [5.41, 5.74) is 0.652. The van der Waals surface area contributed by atoms with Gasteiger partial charge in [0.25, 0.3) is 0 Å². The maximum absolute atomic E-state index is 12.1. The molecule has 8 heteroatoms. The highest BCUT2D eigenvalue weighted by molar-refractivity contribution is 7.89. The van der Waals surface area contributed by atoms with Crippen molar-refractivity contribution < 1.29 is 12.8 Å². The molecule has 2 aromatic rings. The Morgan fingerprint density at radius 3 is 2.50 bits per heavy atom. The molecule has 1 aromatic heterocycles. The number of oxazole rings is 1. The minimum absolute atomic E-state index is 0.0231. The lowest BCUT2D eigenvalue weighted by Gasteiger charge is -2.06. The molecule has 0 amide bonds. The van der Waals surface area contributed by atoms with E-state index < -0.39 is 10.0 Å². The molecule has 2 rings (SSSR count). The summed E-state index contributed by atoms with van der Waals surface area (Å²) in [4.78, 5) is 4.11. The zero-order valence-corrected chi connectivity index (χ0v) is 13.1. The number of benzene rings is 1. The second-order valence-corrected chi connectivity index (χ2v) is 6.72. The van der Waals surface area contributed by atoms with Gasteiger partial charge in [-0.3, -0.25) is 0 Å². The van der Waals surface area contributed by atoms with Gasteiger partial charge in [0.2, 0.25) is 10.0 Å². The number of nitrogens with zero attached hydrogens (tertiary/aromatic N) is 1. The van der Waals surface area contributed by atoms with Gasteiger partial charge in [-0.2, -0.15) is 0 Å². The van der Waals surface area contributed by atoms with Crippen LogP contribution in [0.15, 0.2) is 27.5 Å². The maximum atomic E-state index is 12.1. The third-order valence-corrected chi connectivity index (χ3v) is 4.76. The SMILES string of the molecule is Cc1nc(C)c(CNS(=O)(=O)c2ccc(Cl)c(Cl)c2)o1. The molecule has 0 bridgehead atoms. The summed E-state index contributed by atoms with van der Waals surface area (Å²) >= 11 is 11.6. The molecule has 0 aliphatic carbocycles. The predicted octanol–water partition coefficient (Wildman–Crippen LogP) is 3.08. The highest BCUT2D eigenvalue weighted by atomic mass is 35.5. The van der Waals surface area contributed by atoms with Crippen molar-refractivity contribution in [3.8, 4) is 0 Å². The van der Waals surface area contributed by atoms with Crippen molar-refractivity contribution in [2.24, 2.45) is 0 Å². The summed E-state index contributed by atoms with van der Waals surface area (Å²) in [6.45, 7) is 3.47. The molecule has 1 N–H and O–H groups in total. The summed E-state index contributed by atoms with van der Waals surface area (Å²) in [6, 6.07) is 4.11. The molecule has 0 fully saturated rings. The average molecular weight is 335 g/mol. The number of rotatable bonds is 4. The quantitative estimate of drug-likeness (QED) is 0.932. The van der Waals surface area contributed by atoms with Gasteiger partial charge in [0.05, 0.1) is 27.2 Å². The van der Waals surface area contributed by atoms with Crippen LogP contribution in [0.4, 0.5) is 0 Å². The fourth-order valence-electron chi connectivity index (χ4n) is 1.63. The van der Waals surface area contributed by atoms with Gasteiger partial charge in [0.1, 0.15) is 5.76 Å². The molecule has 108 valence electrons. The lowest BCUT2D eigenvalue weighted by Crippen LogP contribution is -2.23. The van der Waals surface area contributed by atoms with Gasteiger partial charge in [-0.25, -0.2) is 18.1 Å². The first-order valence-corrected chi connectivity index (χ1v) is 7.91. The molecule has 0 spiro atoms. The van der Waals surface area contributed by atoms with E-state index in [9.17, 15) is 8.42 Å². The van der Waals surface area contributed by atoms with E-state index in [0.29, 0.717) is 22.4 Å². The van der Waals surface area contributed by atoms with Crippen molar-refractivity contribution in [1.29, 1.82) is 0 Å². The van der Waals surface area contributed by atoms with E-state index in [1.165, 1.54) is 18.2 Å². The van der Waals surface area contributed by atoms with Crippen LogP contribution in [-0.2, 0) is 16.6 Å². The summed E-state index contributed by atoms with van der Waals surface area (Å²) in [7, 11) is -3.69. The van der Waals surface area contributed by atoms with Crippen LogP contribution in [0.2, 0.25) is 10.0 Å². The summed E-state index contributed by atoms with van der Waals surface area (Å²) in [6.07, 6.45) is 0. The Kier molecular flexibility index (Phi) is 4.39. The van der Waals surface area contributed by atoms with Crippen LogP contribution in [0.25, 0.3) is 0 Å². The first kappa shape index (κ1) is 15.3. The van der Waals surface area contributed by atoms with Gasteiger partial charge in [0.15, 0.2) is 5.89 Å². The van der Waals surface area contributed by atoms with Gasteiger partial charge in [-0.05, 0) is 25.1 Å². The van der Waals surface area contributed by atoms with Crippen LogP contribution in [0.1, 0.15) is 17.3 Å². The standard InChI is InChI=1S/C12H12Cl2N2O3S/c1-7-12(19-8(2)16-7)6-15-20(17,18)9-3-4-10(13)11(14)5-9/h3-5,15H,6H2,1-2H3. The molecule has 0 saturated carbocycles. The Bertz CT molecular complexity index is 741. The van der Waals surface area contributed by atoms with Crippen molar-refractivity contribution in [3.05, 3.63) is 45.6 Å². The van der Waals surface area contributed by atoms with Crippen molar-refractivity contribution in [3.63, 3.8) is 0 Å². The Hall–Kier alpha value is -1.08. The topological polar surface area (TPSA) is 72.2 Å². The van der Waals surface area contributed by atoms with Crippen LogP contribution < -0.4 is 4.72 Å². The molecule has 0 saturated heterocycles. The first-order chi connectivity index (χ1) is 9.29. The number of nitrogens with one attached hydrogen (secondary N) is 1. The van der Waals surface area contributed by atoms with Crippen molar-refractivity contribution in [2.45, 2.75) is 25.3 Å². The van der Waals surface area contributed by atoms with Gasteiger partial charge >= 0.3 is 0 Å². The van der Waals surface area contributed by atoms with Gasteiger partial charge in [-0.1, -0.05) is 23.2 Å². The van der Waals surface area contributed by atoms with Crippen molar-refractivity contribution >= 4 is 33.2 Å². The second-order valence-electron chi connectivity index (χ2n) is 4.14. The van der Waals surface area contributed by atoms with E-state index in [1.807, 2.05) is 0 Å². The maximum Gasteiger partial charge on any atom is 0.241 e. The molecule has 0 aliphatic rings. The van der Waals surface area contributed by atoms with Crippen molar-refractivity contribution in [1.82, 2.24) is 9.71 Å². The Labute approximate surface area is 127 Å². The number of halogens is 2. The summed E-state index contributed by atoms with van der Waals surface area (Å²) in [5, 5.41) is 0.480. The second kappa shape index (κ2) is 5.73. The fourth-order valence-corrected chi connectivity index (χ4v) is 3.00. The molecule has 0 aliphatic heterocycles. The lowest BCUT2D eigenvalue weighted by atomic mass is 10.4. The number of hydrogen-bond acceptors (Lipinski definition) is 4. The van der Waals surface area contributed by atoms with E-state index in [0.717, 1.165) is 0 Å². The van der Waals surface area contributed by atoms with Crippen LogP contribution in [0.5, 0.6) is 0 Å². The van der Waals surface area contributed by atoms with Gasteiger partial charge in [0, 0.05) is 6.92 Å². The molecule has 20 heavy (non-hydrogen) atoms. The van der Waals surface area contributed by atoms with E-state index >= 15 is 0 Å². The summed E-state index contributed by atoms with van der Waals surface area (Å²) in [5.74, 6) is 0.970. The van der Waals surface area contributed by atoms with E-state index in [-0.39, 0.29) is 16.5 Å². The smallest absolute Gasteiger partial charge is 0.241 e. The third kappa shape index (κ3) is 3.32. The number of sulfonamides is 1. The third-order valence-electron chi connectivity index (χ3n) is 2.62. The molecular formula is C12H12Cl2N2O3S. The zero-order chi connectivity index (χ0) is 14.9. The Balaban J connectivity index is 2.19. The number of aromatic nitrogens is 1. The average Bonchev–Trinajstić information content (AvgIpc) is 2.69. The minimum atomic E-state index is -3.69. The predicted molar refractivity (Wildman–Crippen MR) is 76.5 cm³/mol. The molecule has 1 heterocycles. The monoisotopic (exact) mass is 334 g/mol. The van der Waals surface area contributed by atoms with Crippen LogP contribution in [0.3, 0.4) is 0 Å². The molecule has 1 aromatic carbocycles.